The smallest absolute Gasteiger partial charge is 0.254 e. The van der Waals surface area contributed by atoms with Gasteiger partial charge < -0.3 is 28.7 Å². The third kappa shape index (κ3) is 6.46. The van der Waals surface area contributed by atoms with Gasteiger partial charge in [-0.15, -0.1) is 0 Å². The number of methoxy groups -OCH3 is 4. The second-order valence-electron chi connectivity index (χ2n) is 8.98. The Morgan fingerprint density at radius 3 is 1.73 bits per heavy atom. The van der Waals surface area contributed by atoms with Crippen LogP contribution >= 0.6 is 23.2 Å². The van der Waals surface area contributed by atoms with E-state index in [0.29, 0.717) is 75.9 Å². The highest BCUT2D eigenvalue weighted by atomic mass is 35.5. The highest BCUT2D eigenvalue weighted by molar-refractivity contribution is 6.35. The van der Waals surface area contributed by atoms with Crippen LogP contribution in [-0.4, -0.2) is 76.2 Å². The van der Waals surface area contributed by atoms with E-state index in [-0.39, 0.29) is 11.8 Å². The Morgan fingerprint density at radius 2 is 1.23 bits per heavy atom. The summed E-state index contributed by atoms with van der Waals surface area (Å²) in [6.07, 6.45) is 1.58. The molecule has 40 heavy (non-hydrogen) atoms. The van der Waals surface area contributed by atoms with Gasteiger partial charge >= 0.3 is 0 Å². The Labute approximate surface area is 243 Å². The molecule has 1 fully saturated rings. The summed E-state index contributed by atoms with van der Waals surface area (Å²) >= 11 is 12.6. The van der Waals surface area contributed by atoms with Crippen LogP contribution in [0, 0.1) is 0 Å². The largest absolute Gasteiger partial charge is 0.497 e. The van der Waals surface area contributed by atoms with E-state index in [1.54, 1.807) is 53.3 Å². The van der Waals surface area contributed by atoms with E-state index in [4.69, 9.17) is 42.1 Å². The summed E-state index contributed by atoms with van der Waals surface area (Å²) in [5, 5.41) is 0.932. The van der Waals surface area contributed by atoms with Gasteiger partial charge in [0.25, 0.3) is 5.91 Å². The molecule has 0 N–H and O–H groups in total. The Morgan fingerprint density at radius 1 is 0.675 bits per heavy atom. The van der Waals surface area contributed by atoms with Crippen LogP contribution in [-0.2, 0) is 4.79 Å². The molecular formula is C30H30Cl2N2O6. The maximum Gasteiger partial charge on any atom is 0.254 e. The SMILES string of the molecule is COc1ccc(/C(=C/C(=O)N2CCN(C(=O)c3cc(OC)c(OC)c(OC)c3)CC2)c2cc(Cl)cc(Cl)c2)cc1. The molecule has 1 saturated heterocycles. The summed E-state index contributed by atoms with van der Waals surface area (Å²) in [6, 6.07) is 15.8. The van der Waals surface area contributed by atoms with Crippen LogP contribution in [0.2, 0.25) is 10.0 Å². The van der Waals surface area contributed by atoms with E-state index in [1.165, 1.54) is 21.3 Å². The van der Waals surface area contributed by atoms with Gasteiger partial charge in [-0.05, 0) is 59.2 Å². The van der Waals surface area contributed by atoms with Gasteiger partial charge in [0.15, 0.2) is 11.5 Å². The Balaban J connectivity index is 1.54. The number of benzene rings is 3. The predicted octanol–water partition coefficient (Wildman–Crippen LogP) is 5.44. The molecule has 10 heteroatoms. The maximum atomic E-state index is 13.4. The number of hydrogen-bond acceptors (Lipinski definition) is 6. The van der Waals surface area contributed by atoms with Crippen LogP contribution in [0.4, 0.5) is 0 Å². The van der Waals surface area contributed by atoms with E-state index in [0.717, 1.165) is 5.56 Å². The first-order valence-corrected chi connectivity index (χ1v) is 13.2. The van der Waals surface area contributed by atoms with Crippen molar-refractivity contribution < 1.29 is 28.5 Å². The number of halogens is 2. The number of carbonyl (C=O) groups is 2. The fourth-order valence-electron chi connectivity index (χ4n) is 4.55. The molecular weight excluding hydrogens is 555 g/mol. The topological polar surface area (TPSA) is 77.5 Å². The van der Waals surface area contributed by atoms with E-state index in [2.05, 4.69) is 0 Å². The lowest BCUT2D eigenvalue weighted by molar-refractivity contribution is -0.127. The molecule has 0 saturated carbocycles. The van der Waals surface area contributed by atoms with Crippen molar-refractivity contribution in [2.75, 3.05) is 54.6 Å². The third-order valence-electron chi connectivity index (χ3n) is 6.63. The van der Waals surface area contributed by atoms with E-state index in [9.17, 15) is 9.59 Å². The van der Waals surface area contributed by atoms with Crippen LogP contribution in [0.25, 0.3) is 5.57 Å². The minimum Gasteiger partial charge on any atom is -0.497 e. The normalized spacial score (nSPS) is 13.6. The van der Waals surface area contributed by atoms with Crippen molar-refractivity contribution in [2.24, 2.45) is 0 Å². The van der Waals surface area contributed by atoms with Crippen molar-refractivity contribution in [1.29, 1.82) is 0 Å². The number of hydrogen-bond donors (Lipinski definition) is 0. The summed E-state index contributed by atoms with van der Waals surface area (Å²) in [5.41, 5.74) is 2.61. The third-order valence-corrected chi connectivity index (χ3v) is 7.07. The highest BCUT2D eigenvalue weighted by Crippen LogP contribution is 2.38. The van der Waals surface area contributed by atoms with E-state index >= 15 is 0 Å². The second-order valence-corrected chi connectivity index (χ2v) is 9.85. The van der Waals surface area contributed by atoms with Crippen LogP contribution in [0.1, 0.15) is 21.5 Å². The summed E-state index contributed by atoms with van der Waals surface area (Å²) in [6.45, 7) is 1.49. The first kappa shape index (κ1) is 29.1. The molecule has 0 spiro atoms. The maximum absolute atomic E-state index is 13.4. The molecule has 0 atom stereocenters. The molecule has 4 rings (SSSR count). The molecule has 210 valence electrons. The fourth-order valence-corrected chi connectivity index (χ4v) is 5.07. The van der Waals surface area contributed by atoms with E-state index in [1.807, 2.05) is 24.3 Å². The zero-order chi connectivity index (χ0) is 28.8. The van der Waals surface area contributed by atoms with Crippen molar-refractivity contribution in [3.8, 4) is 23.0 Å². The quantitative estimate of drug-likeness (QED) is 0.328. The van der Waals surface area contributed by atoms with Crippen molar-refractivity contribution in [3.63, 3.8) is 0 Å². The van der Waals surface area contributed by atoms with Crippen molar-refractivity contribution in [1.82, 2.24) is 9.80 Å². The average Bonchev–Trinajstić information content (AvgIpc) is 2.98. The van der Waals surface area contributed by atoms with Gasteiger partial charge in [-0.2, -0.15) is 0 Å². The molecule has 0 aromatic heterocycles. The zero-order valence-corrected chi connectivity index (χ0v) is 24.2. The molecule has 0 bridgehead atoms. The predicted molar refractivity (Wildman–Crippen MR) is 155 cm³/mol. The number of ether oxygens (including phenoxy) is 4. The van der Waals surface area contributed by atoms with Gasteiger partial charge in [0, 0.05) is 47.9 Å². The molecule has 3 aromatic rings. The van der Waals surface area contributed by atoms with Gasteiger partial charge in [-0.25, -0.2) is 0 Å². The lowest BCUT2D eigenvalue weighted by Gasteiger charge is -2.34. The van der Waals surface area contributed by atoms with Crippen LogP contribution in [0.15, 0.2) is 60.7 Å². The Bertz CT molecular complexity index is 1370. The van der Waals surface area contributed by atoms with Crippen LogP contribution in [0.5, 0.6) is 23.0 Å². The van der Waals surface area contributed by atoms with Gasteiger partial charge in [0.2, 0.25) is 11.7 Å². The lowest BCUT2D eigenvalue weighted by atomic mass is 9.97. The van der Waals surface area contributed by atoms with Crippen molar-refractivity contribution in [3.05, 3.63) is 87.4 Å². The molecule has 1 aliphatic heterocycles. The summed E-state index contributed by atoms with van der Waals surface area (Å²) in [5.74, 6) is 1.55. The van der Waals surface area contributed by atoms with Gasteiger partial charge in [-0.3, -0.25) is 9.59 Å². The second kappa shape index (κ2) is 13.0. The molecule has 8 nitrogen and oxygen atoms in total. The number of rotatable bonds is 8. The van der Waals surface area contributed by atoms with Crippen molar-refractivity contribution in [2.45, 2.75) is 0 Å². The van der Waals surface area contributed by atoms with Crippen LogP contribution in [0.3, 0.4) is 0 Å². The molecule has 1 heterocycles. The van der Waals surface area contributed by atoms with Gasteiger partial charge in [0.1, 0.15) is 5.75 Å². The molecule has 0 aliphatic carbocycles. The fraction of sp³-hybridized carbons (Fsp3) is 0.267. The van der Waals surface area contributed by atoms with Gasteiger partial charge in [0.05, 0.1) is 28.4 Å². The molecule has 3 aromatic carbocycles. The van der Waals surface area contributed by atoms with Crippen LogP contribution < -0.4 is 18.9 Å². The first-order valence-electron chi connectivity index (χ1n) is 12.5. The molecule has 0 radical (unpaired) electrons. The minimum absolute atomic E-state index is 0.179. The zero-order valence-electron chi connectivity index (χ0n) is 22.7. The molecule has 2 amide bonds. The van der Waals surface area contributed by atoms with Gasteiger partial charge in [-0.1, -0.05) is 35.3 Å². The lowest BCUT2D eigenvalue weighted by Crippen LogP contribution is -2.50. The average molecular weight is 585 g/mol. The molecule has 0 unspecified atom stereocenters. The number of piperazine rings is 1. The number of carbonyl (C=O) groups excluding carboxylic acids is 2. The Kier molecular flexibility index (Phi) is 9.45. The van der Waals surface area contributed by atoms with Crippen molar-refractivity contribution >= 4 is 40.6 Å². The highest BCUT2D eigenvalue weighted by Gasteiger charge is 2.26. The first-order chi connectivity index (χ1) is 19.3. The Hall–Kier alpha value is -3.88. The van der Waals surface area contributed by atoms with E-state index < -0.39 is 0 Å². The number of nitrogens with zero attached hydrogens (tertiary/aromatic N) is 2. The standard InChI is InChI=1S/C30H30Cl2N2O6/c1-37-24-7-5-19(6-8-24)25(20-13-22(31)17-23(32)14-20)18-28(35)33-9-11-34(12-10-33)30(36)21-15-26(38-2)29(40-4)27(16-21)39-3/h5-8,13-18H,9-12H2,1-4H3/b25-18-. The number of amides is 2. The summed E-state index contributed by atoms with van der Waals surface area (Å²) in [4.78, 5) is 30.2. The molecule has 1 aliphatic rings. The minimum atomic E-state index is -0.186. The summed E-state index contributed by atoms with van der Waals surface area (Å²) in [7, 11) is 6.10. The monoisotopic (exact) mass is 584 g/mol. The summed E-state index contributed by atoms with van der Waals surface area (Å²) < 4.78 is 21.4.